The van der Waals surface area contributed by atoms with E-state index >= 15 is 0 Å². The lowest BCUT2D eigenvalue weighted by molar-refractivity contribution is -0.161. The highest BCUT2D eigenvalue weighted by atomic mass is 16.6. The second kappa shape index (κ2) is 60.3. The topological polar surface area (TPSA) is 72.8 Å². The van der Waals surface area contributed by atoms with Crippen LogP contribution in [0.4, 0.5) is 0 Å². The van der Waals surface area contributed by atoms with Crippen molar-refractivity contribution in [2.45, 2.75) is 213 Å². The number of rotatable bonds is 49. The maximum atomic E-state index is 12.3. The van der Waals surface area contributed by atoms with Crippen molar-refractivity contribution in [3.05, 3.63) is 182 Å². The summed E-state index contributed by atoms with van der Waals surface area (Å²) in [6, 6.07) is 0. The van der Waals surface area contributed by atoms with Crippen LogP contribution in [0.2, 0.25) is 0 Å². The van der Waals surface area contributed by atoms with Gasteiger partial charge in [-0.05, 0) is 135 Å². The normalized spacial score (nSPS) is 13.7. The molecule has 400 valence electrons. The molecule has 0 aromatic carbocycles. The van der Waals surface area contributed by atoms with Crippen LogP contribution in [-0.4, -0.2) is 36.4 Å². The monoisotopic (exact) mass is 987 g/mol. The van der Waals surface area contributed by atoms with Crippen molar-refractivity contribution in [2.75, 3.05) is 13.2 Å². The molecule has 0 heterocycles. The first-order valence-corrected chi connectivity index (χ1v) is 28.3. The summed E-state index contributed by atoms with van der Waals surface area (Å²) in [7, 11) is 0. The van der Waals surface area contributed by atoms with E-state index in [0.29, 0.717) is 12.8 Å². The molecule has 0 bridgehead atoms. The van der Waals surface area contributed by atoms with Crippen molar-refractivity contribution in [2.24, 2.45) is 0 Å². The molecule has 5 nitrogen and oxygen atoms in total. The molecule has 72 heavy (non-hydrogen) atoms. The number of ether oxygens (including phenoxy) is 2. The van der Waals surface area contributed by atoms with Gasteiger partial charge in [-0.2, -0.15) is 0 Å². The Morgan fingerprint density at radius 1 is 0.319 bits per heavy atom. The van der Waals surface area contributed by atoms with E-state index in [2.05, 4.69) is 196 Å². The van der Waals surface area contributed by atoms with E-state index < -0.39 is 6.10 Å². The zero-order chi connectivity index (χ0) is 52.0. The Kier molecular flexibility index (Phi) is 56.1. The Balaban J connectivity index is 3.68. The number of carbonyl (C=O) groups excluding carboxylic acids is 2. The van der Waals surface area contributed by atoms with Crippen molar-refractivity contribution in [3.63, 3.8) is 0 Å². The third-order valence-electron chi connectivity index (χ3n) is 11.2. The molecule has 0 spiro atoms. The van der Waals surface area contributed by atoms with E-state index in [9.17, 15) is 14.7 Å². The van der Waals surface area contributed by atoms with E-state index in [1.54, 1.807) is 0 Å². The summed E-state index contributed by atoms with van der Waals surface area (Å²) in [5.74, 6) is -0.646. The average Bonchev–Trinajstić information content (AvgIpc) is 3.38. The number of aliphatic hydroxyl groups excluding tert-OH is 1. The van der Waals surface area contributed by atoms with Crippen LogP contribution in [-0.2, 0) is 19.1 Å². The molecular weight excluding hydrogens is 885 g/mol. The SMILES string of the molecule is CC/C=C\C/C=C\C/C=C\C/C=C\C/C=C\C/C=C\C/C=C\C/C=C\CCCCCCCCC(=O)OC(CO)COC(=O)CCCCCCC/C=C\C/C=C\C/C=C\C/C=C\C/C=C\C/C=C\C/C=C\CC. The van der Waals surface area contributed by atoms with Crippen LogP contribution < -0.4 is 0 Å². The molecule has 0 aliphatic heterocycles. The second-order valence-corrected chi connectivity index (χ2v) is 17.9. The van der Waals surface area contributed by atoms with E-state index in [1.807, 2.05) is 0 Å². The van der Waals surface area contributed by atoms with Crippen LogP contribution in [0.5, 0.6) is 0 Å². The van der Waals surface area contributed by atoms with Crippen LogP contribution in [0.25, 0.3) is 0 Å². The molecule has 0 amide bonds. The highest BCUT2D eigenvalue weighted by molar-refractivity contribution is 5.70. The maximum absolute atomic E-state index is 12.3. The van der Waals surface area contributed by atoms with Gasteiger partial charge in [0.15, 0.2) is 6.10 Å². The molecule has 0 radical (unpaired) electrons. The Hall–Kier alpha value is -5.00. The van der Waals surface area contributed by atoms with Gasteiger partial charge in [0.1, 0.15) is 6.61 Å². The minimum Gasteiger partial charge on any atom is -0.462 e. The summed E-state index contributed by atoms with van der Waals surface area (Å²) in [5.41, 5.74) is 0. The standard InChI is InChI=1S/C67H102O5/c1-3-5-7-9-11-13-15-17-19-21-23-25-27-29-31-32-33-34-36-38-40-42-44-46-48-50-52-54-56-58-60-62-67(70)72-65(63-68)64-71-66(69)61-59-57-55-53-51-49-47-45-43-41-39-37-35-30-28-26-24-22-20-18-16-14-12-10-8-6-4-2/h5-8,11-14,17-20,23-26,29-31,33-35,38-41,44-47,65,68H,3-4,9-10,15-16,21-22,27-28,32,36-37,42-43,48-64H2,1-2H3/b7-5-,8-6-,13-11-,14-12-,19-17-,20-18-,25-23-,26-24-,31-29-,34-33-,35-30-,40-38-,41-39-,46-44-,47-45-. The zero-order valence-electron chi connectivity index (χ0n) is 45.6. The molecule has 1 unspecified atom stereocenters. The van der Waals surface area contributed by atoms with Gasteiger partial charge in [-0.15, -0.1) is 0 Å². The van der Waals surface area contributed by atoms with E-state index in [-0.39, 0.29) is 25.2 Å². The first-order valence-electron chi connectivity index (χ1n) is 28.3. The maximum Gasteiger partial charge on any atom is 0.306 e. The van der Waals surface area contributed by atoms with Crippen LogP contribution in [0.3, 0.4) is 0 Å². The summed E-state index contributed by atoms with van der Waals surface area (Å²) in [5, 5.41) is 9.66. The van der Waals surface area contributed by atoms with Crippen molar-refractivity contribution < 1.29 is 24.2 Å². The van der Waals surface area contributed by atoms with Gasteiger partial charge in [0.05, 0.1) is 6.61 Å². The fraction of sp³-hybridized carbons (Fsp3) is 0.522. The van der Waals surface area contributed by atoms with Gasteiger partial charge in [0.25, 0.3) is 0 Å². The number of unbranched alkanes of at least 4 members (excludes halogenated alkanes) is 11. The number of carbonyl (C=O) groups is 2. The lowest BCUT2D eigenvalue weighted by Crippen LogP contribution is -2.28. The molecule has 0 aliphatic rings. The molecule has 0 aromatic heterocycles. The third kappa shape index (κ3) is 57.6. The highest BCUT2D eigenvalue weighted by Crippen LogP contribution is 2.12. The van der Waals surface area contributed by atoms with E-state index in [4.69, 9.17) is 9.47 Å². The lowest BCUT2D eigenvalue weighted by Gasteiger charge is -2.15. The molecule has 0 fully saturated rings. The Morgan fingerprint density at radius 3 is 0.833 bits per heavy atom. The first-order chi connectivity index (χ1) is 35.6. The van der Waals surface area contributed by atoms with Gasteiger partial charge >= 0.3 is 11.9 Å². The number of hydrogen-bond acceptors (Lipinski definition) is 5. The van der Waals surface area contributed by atoms with Crippen LogP contribution >= 0.6 is 0 Å². The van der Waals surface area contributed by atoms with Crippen molar-refractivity contribution in [1.82, 2.24) is 0 Å². The summed E-state index contributed by atoms with van der Waals surface area (Å²) in [6.07, 6.45) is 95.6. The van der Waals surface area contributed by atoms with Crippen molar-refractivity contribution in [1.29, 1.82) is 0 Å². The highest BCUT2D eigenvalue weighted by Gasteiger charge is 2.16. The Bertz CT molecular complexity index is 1680. The summed E-state index contributed by atoms with van der Waals surface area (Å²) >= 11 is 0. The van der Waals surface area contributed by atoms with E-state index in [0.717, 1.165) is 167 Å². The molecule has 0 saturated heterocycles. The fourth-order valence-corrected chi connectivity index (χ4v) is 7.02. The molecule has 5 heteroatoms. The second-order valence-electron chi connectivity index (χ2n) is 17.9. The number of aliphatic hydroxyl groups is 1. The van der Waals surface area contributed by atoms with Crippen LogP contribution in [0.15, 0.2) is 182 Å². The predicted octanol–water partition coefficient (Wildman–Crippen LogP) is 19.5. The lowest BCUT2D eigenvalue weighted by atomic mass is 10.1. The van der Waals surface area contributed by atoms with Crippen molar-refractivity contribution >= 4 is 11.9 Å². The summed E-state index contributed by atoms with van der Waals surface area (Å²) < 4.78 is 10.7. The van der Waals surface area contributed by atoms with Gasteiger partial charge < -0.3 is 14.6 Å². The third-order valence-corrected chi connectivity index (χ3v) is 11.2. The van der Waals surface area contributed by atoms with Crippen LogP contribution in [0.1, 0.15) is 206 Å². The molecule has 1 atom stereocenters. The minimum atomic E-state index is -0.806. The quantitative estimate of drug-likeness (QED) is 0.0374. The molecule has 1 N–H and O–H groups in total. The van der Waals surface area contributed by atoms with Gasteiger partial charge in [0.2, 0.25) is 0 Å². The van der Waals surface area contributed by atoms with Crippen molar-refractivity contribution in [3.8, 4) is 0 Å². The summed E-state index contributed by atoms with van der Waals surface area (Å²) in [6.45, 7) is 3.87. The van der Waals surface area contributed by atoms with Gasteiger partial charge in [-0.25, -0.2) is 0 Å². The predicted molar refractivity (Wildman–Crippen MR) is 315 cm³/mol. The Labute approximate surface area is 442 Å². The van der Waals surface area contributed by atoms with E-state index in [1.165, 1.54) is 12.8 Å². The average molecular weight is 988 g/mol. The van der Waals surface area contributed by atoms with Crippen LogP contribution in [0, 0.1) is 0 Å². The zero-order valence-corrected chi connectivity index (χ0v) is 45.6. The number of esters is 2. The van der Waals surface area contributed by atoms with Gasteiger partial charge in [-0.1, -0.05) is 241 Å². The molecule has 0 aromatic rings. The fourth-order valence-electron chi connectivity index (χ4n) is 7.02. The van der Waals surface area contributed by atoms with Gasteiger partial charge in [0, 0.05) is 12.8 Å². The summed E-state index contributed by atoms with van der Waals surface area (Å²) in [4.78, 5) is 24.5. The van der Waals surface area contributed by atoms with Gasteiger partial charge in [-0.3, -0.25) is 9.59 Å². The molecule has 0 rings (SSSR count). The number of allylic oxidation sites excluding steroid dienone is 30. The number of hydrogen-bond donors (Lipinski definition) is 1. The molecule has 0 aliphatic carbocycles. The molecular formula is C67H102O5. The minimum absolute atomic E-state index is 0.0962. The smallest absolute Gasteiger partial charge is 0.306 e. The first kappa shape index (κ1) is 67.0. The Morgan fingerprint density at radius 2 is 0.556 bits per heavy atom. The largest absolute Gasteiger partial charge is 0.462 e. The molecule has 0 saturated carbocycles.